The van der Waals surface area contributed by atoms with Gasteiger partial charge in [-0.05, 0) is 30.3 Å². The third-order valence-corrected chi connectivity index (χ3v) is 4.07. The van der Waals surface area contributed by atoms with Crippen molar-refractivity contribution < 1.29 is 14.7 Å². The molecule has 1 aromatic heterocycles. The summed E-state index contributed by atoms with van der Waals surface area (Å²) in [6, 6.07) is 13.5. The number of hydrogen-bond acceptors (Lipinski definition) is 2. The fourth-order valence-corrected chi connectivity index (χ4v) is 2.94. The molecule has 1 heterocycles. The van der Waals surface area contributed by atoms with Crippen LogP contribution >= 0.6 is 11.6 Å². The van der Waals surface area contributed by atoms with Gasteiger partial charge in [0.1, 0.15) is 5.69 Å². The molecule has 0 saturated heterocycles. The van der Waals surface area contributed by atoms with Crippen molar-refractivity contribution in [2.75, 3.05) is 0 Å². The van der Waals surface area contributed by atoms with Gasteiger partial charge in [0.15, 0.2) is 0 Å². The van der Waals surface area contributed by atoms with E-state index >= 15 is 0 Å². The molecule has 24 heavy (non-hydrogen) atoms. The molecule has 120 valence electrons. The lowest BCUT2D eigenvalue weighted by Crippen LogP contribution is -2.14. The molecule has 0 aliphatic rings. The van der Waals surface area contributed by atoms with Gasteiger partial charge >= 0.3 is 5.97 Å². The van der Waals surface area contributed by atoms with Crippen LogP contribution in [0, 0.1) is 0 Å². The molecule has 0 bridgehead atoms. The van der Waals surface area contributed by atoms with Crippen molar-refractivity contribution in [3.8, 4) is 0 Å². The van der Waals surface area contributed by atoms with Crippen LogP contribution in [-0.4, -0.2) is 21.4 Å². The van der Waals surface area contributed by atoms with E-state index in [2.05, 4.69) is 6.58 Å². The van der Waals surface area contributed by atoms with Crippen molar-refractivity contribution in [3.05, 3.63) is 83.0 Å². The van der Waals surface area contributed by atoms with Gasteiger partial charge in [0.2, 0.25) is 5.78 Å². The number of aromatic nitrogens is 1. The molecule has 0 saturated carbocycles. The molecule has 0 radical (unpaired) electrons. The number of rotatable bonds is 5. The highest BCUT2D eigenvalue weighted by Gasteiger charge is 2.27. The Bertz CT molecular complexity index is 955. The Hall–Kier alpha value is -2.85. The fraction of sp³-hybridized carbons (Fsp3) is 0.0526. The van der Waals surface area contributed by atoms with Crippen molar-refractivity contribution in [2.24, 2.45) is 0 Å². The standard InChI is InChI=1S/C19H14ClNO3/c1-2-11-21-15-6-4-3-5-14(15)16(19(23)24)17(21)18(22)12-7-9-13(20)10-8-12/h2-10H,1,11H2,(H,23,24). The molecule has 4 nitrogen and oxygen atoms in total. The molecular weight excluding hydrogens is 326 g/mol. The van der Waals surface area contributed by atoms with Gasteiger partial charge in [0.05, 0.1) is 5.56 Å². The molecule has 1 N–H and O–H groups in total. The van der Waals surface area contributed by atoms with E-state index in [0.29, 0.717) is 28.0 Å². The van der Waals surface area contributed by atoms with Crippen LogP contribution in [-0.2, 0) is 6.54 Å². The summed E-state index contributed by atoms with van der Waals surface area (Å²) >= 11 is 5.87. The Morgan fingerprint density at radius 2 is 1.79 bits per heavy atom. The number of halogens is 1. The molecule has 0 atom stereocenters. The summed E-state index contributed by atoms with van der Waals surface area (Å²) < 4.78 is 1.68. The van der Waals surface area contributed by atoms with Crippen LogP contribution < -0.4 is 0 Å². The van der Waals surface area contributed by atoms with E-state index in [1.165, 1.54) is 0 Å². The number of benzene rings is 2. The van der Waals surface area contributed by atoms with E-state index in [1.54, 1.807) is 53.1 Å². The van der Waals surface area contributed by atoms with E-state index in [0.717, 1.165) is 0 Å². The van der Waals surface area contributed by atoms with Crippen molar-refractivity contribution in [1.82, 2.24) is 4.57 Å². The van der Waals surface area contributed by atoms with Crippen molar-refractivity contribution in [3.63, 3.8) is 0 Å². The monoisotopic (exact) mass is 339 g/mol. The summed E-state index contributed by atoms with van der Waals surface area (Å²) in [5.41, 5.74) is 1.22. The first-order valence-corrected chi connectivity index (χ1v) is 7.68. The zero-order chi connectivity index (χ0) is 17.3. The maximum atomic E-state index is 13.0. The Morgan fingerprint density at radius 3 is 2.42 bits per heavy atom. The number of allylic oxidation sites excluding steroid dienone is 1. The number of carboxylic acid groups (broad SMARTS) is 1. The first-order valence-electron chi connectivity index (χ1n) is 7.30. The number of fused-ring (bicyclic) bond motifs is 1. The molecule has 0 unspecified atom stereocenters. The second kappa shape index (κ2) is 6.34. The zero-order valence-corrected chi connectivity index (χ0v) is 13.5. The first-order chi connectivity index (χ1) is 11.5. The summed E-state index contributed by atoms with van der Waals surface area (Å²) in [5.74, 6) is -1.49. The molecule has 0 fully saturated rings. The fourth-order valence-electron chi connectivity index (χ4n) is 2.81. The van der Waals surface area contributed by atoms with Gasteiger partial charge in [0, 0.05) is 28.0 Å². The highest BCUT2D eigenvalue weighted by Crippen LogP contribution is 2.28. The van der Waals surface area contributed by atoms with Gasteiger partial charge < -0.3 is 9.67 Å². The van der Waals surface area contributed by atoms with Crippen molar-refractivity contribution >= 4 is 34.3 Å². The predicted octanol–water partition coefficient (Wildman–Crippen LogP) is 4.41. The molecule has 0 aliphatic heterocycles. The number of para-hydroxylation sites is 1. The Labute approximate surface area is 143 Å². The second-order valence-corrected chi connectivity index (χ2v) is 5.72. The van der Waals surface area contributed by atoms with Crippen molar-refractivity contribution in [2.45, 2.75) is 6.54 Å². The summed E-state index contributed by atoms with van der Waals surface area (Å²) in [6.45, 7) is 4.04. The summed E-state index contributed by atoms with van der Waals surface area (Å²) in [6.07, 6.45) is 1.64. The minimum atomic E-state index is -1.13. The van der Waals surface area contributed by atoms with Gasteiger partial charge in [-0.2, -0.15) is 0 Å². The van der Waals surface area contributed by atoms with Crippen molar-refractivity contribution in [1.29, 1.82) is 0 Å². The van der Waals surface area contributed by atoms with Crippen LogP contribution in [0.5, 0.6) is 0 Å². The molecule has 3 aromatic rings. The van der Waals surface area contributed by atoms with Crippen LogP contribution in [0.2, 0.25) is 5.02 Å². The van der Waals surface area contributed by atoms with Gasteiger partial charge in [-0.1, -0.05) is 35.9 Å². The second-order valence-electron chi connectivity index (χ2n) is 5.28. The summed E-state index contributed by atoms with van der Waals surface area (Å²) in [7, 11) is 0. The Kier molecular flexibility index (Phi) is 4.23. The molecule has 0 aliphatic carbocycles. The smallest absolute Gasteiger partial charge is 0.338 e. The van der Waals surface area contributed by atoms with Crippen LogP contribution in [0.4, 0.5) is 0 Å². The highest BCUT2D eigenvalue weighted by atomic mass is 35.5. The zero-order valence-electron chi connectivity index (χ0n) is 12.7. The minimum absolute atomic E-state index is 0.00685. The average Bonchev–Trinajstić information content (AvgIpc) is 2.90. The number of nitrogens with zero attached hydrogens (tertiary/aromatic N) is 1. The molecule has 5 heteroatoms. The third-order valence-electron chi connectivity index (χ3n) is 3.82. The number of hydrogen-bond donors (Lipinski definition) is 1. The molecule has 0 amide bonds. The first kappa shape index (κ1) is 16.0. The molecule has 3 rings (SSSR count). The Balaban J connectivity index is 2.32. The average molecular weight is 340 g/mol. The summed E-state index contributed by atoms with van der Waals surface area (Å²) in [4.78, 5) is 24.8. The minimum Gasteiger partial charge on any atom is -0.478 e. The number of carboxylic acids is 1. The maximum Gasteiger partial charge on any atom is 0.338 e. The maximum absolute atomic E-state index is 13.0. The molecule has 2 aromatic carbocycles. The SMILES string of the molecule is C=CCn1c(C(=O)c2ccc(Cl)cc2)c(C(=O)O)c2ccccc21. The topological polar surface area (TPSA) is 59.3 Å². The number of carbonyl (C=O) groups is 2. The quantitative estimate of drug-likeness (QED) is 0.553. The van der Waals surface area contributed by atoms with Crippen LogP contribution in [0.25, 0.3) is 10.9 Å². The number of aromatic carboxylic acids is 1. The van der Waals surface area contributed by atoms with Gasteiger partial charge in [-0.3, -0.25) is 4.79 Å². The van der Waals surface area contributed by atoms with E-state index in [9.17, 15) is 14.7 Å². The predicted molar refractivity (Wildman–Crippen MR) is 94.0 cm³/mol. The summed E-state index contributed by atoms with van der Waals surface area (Å²) in [5, 5.41) is 10.7. The van der Waals surface area contributed by atoms with Gasteiger partial charge in [-0.25, -0.2) is 4.79 Å². The van der Waals surface area contributed by atoms with E-state index in [1.807, 2.05) is 6.07 Å². The van der Waals surface area contributed by atoms with Gasteiger partial charge in [-0.15, -0.1) is 6.58 Å². The van der Waals surface area contributed by atoms with Crippen LogP contribution in [0.15, 0.2) is 61.2 Å². The Morgan fingerprint density at radius 1 is 1.12 bits per heavy atom. The largest absolute Gasteiger partial charge is 0.478 e. The van der Waals surface area contributed by atoms with E-state index < -0.39 is 5.97 Å². The lowest BCUT2D eigenvalue weighted by atomic mass is 10.0. The van der Waals surface area contributed by atoms with Gasteiger partial charge in [0.25, 0.3) is 0 Å². The van der Waals surface area contributed by atoms with E-state index in [4.69, 9.17) is 11.6 Å². The number of ketones is 1. The van der Waals surface area contributed by atoms with E-state index in [-0.39, 0.29) is 17.0 Å². The molecular formula is C19H14ClNO3. The normalized spacial score (nSPS) is 10.7. The van der Waals surface area contributed by atoms with Crippen LogP contribution in [0.1, 0.15) is 26.4 Å². The highest BCUT2D eigenvalue weighted by molar-refractivity contribution is 6.30. The third kappa shape index (κ3) is 2.61. The molecule has 0 spiro atoms. The number of carbonyl (C=O) groups excluding carboxylic acids is 1. The lowest BCUT2D eigenvalue weighted by molar-refractivity contribution is 0.0694. The lowest BCUT2D eigenvalue weighted by Gasteiger charge is -2.08. The van der Waals surface area contributed by atoms with Crippen LogP contribution in [0.3, 0.4) is 0 Å².